The first-order valence-electron chi connectivity index (χ1n) is 18.2. The number of sulfonamides is 1. The van der Waals surface area contributed by atoms with Gasteiger partial charge in [-0.1, -0.05) is 73.3 Å². The van der Waals surface area contributed by atoms with Crippen molar-refractivity contribution in [2.45, 2.75) is 123 Å². The highest BCUT2D eigenvalue weighted by atomic mass is 32.2. The molecule has 2 aliphatic carbocycles. The van der Waals surface area contributed by atoms with Gasteiger partial charge in [0, 0.05) is 32.7 Å². The van der Waals surface area contributed by atoms with Gasteiger partial charge in [0.15, 0.2) is 0 Å². The first kappa shape index (κ1) is 41.4. The third kappa shape index (κ3) is 10.3. The molecule has 50 heavy (non-hydrogen) atoms. The molecule has 0 aromatic heterocycles. The van der Waals surface area contributed by atoms with Gasteiger partial charge in [0.2, 0.25) is 27.6 Å². The predicted octanol–water partition coefficient (Wildman–Crippen LogP) is 2.96. The molecule has 5 amide bonds. The van der Waals surface area contributed by atoms with Gasteiger partial charge in [0.25, 0.3) is 5.91 Å². The molecule has 3 aliphatic rings. The molecule has 0 spiro atoms. The van der Waals surface area contributed by atoms with Crippen LogP contribution in [0.1, 0.15) is 99.3 Å². The maximum Gasteiger partial charge on any atom is 0.315 e. The molecule has 0 aromatic rings. The molecule has 284 valence electrons. The van der Waals surface area contributed by atoms with E-state index in [0.717, 1.165) is 51.2 Å². The SMILES string of the molecule is C=CCNC(=O)C(=O)C(CCC)NC(=O)[C@@H]1[C@H]2CCC(C)(C)C2CN1C(=O)[C@@H](NC(=O)N[C@H](CN(C)S(C)(=O)=O)C(C)(C)C)C1CCCCC1. The van der Waals surface area contributed by atoms with Crippen molar-refractivity contribution >= 4 is 39.6 Å². The van der Waals surface area contributed by atoms with Crippen LogP contribution in [0.25, 0.3) is 0 Å². The minimum absolute atomic E-state index is 0.0380. The number of carbonyl (C=O) groups is 5. The number of ketones is 1. The van der Waals surface area contributed by atoms with Crippen LogP contribution in [0.3, 0.4) is 0 Å². The van der Waals surface area contributed by atoms with E-state index in [4.69, 9.17) is 0 Å². The summed E-state index contributed by atoms with van der Waals surface area (Å²) in [6, 6.07) is -3.94. The summed E-state index contributed by atoms with van der Waals surface area (Å²) in [5.74, 6) is -2.58. The van der Waals surface area contributed by atoms with Crippen LogP contribution in [0, 0.1) is 28.6 Å². The molecule has 14 heteroatoms. The average molecular weight is 723 g/mol. The lowest BCUT2D eigenvalue weighted by Gasteiger charge is -2.37. The summed E-state index contributed by atoms with van der Waals surface area (Å²) in [5.41, 5.74) is -0.630. The number of carbonyl (C=O) groups excluding carboxylic acids is 5. The average Bonchev–Trinajstić information content (AvgIpc) is 3.57. The highest BCUT2D eigenvalue weighted by molar-refractivity contribution is 7.88. The van der Waals surface area contributed by atoms with Gasteiger partial charge < -0.3 is 26.2 Å². The molecule has 4 N–H and O–H groups in total. The number of urea groups is 1. The lowest BCUT2D eigenvalue weighted by molar-refractivity contribution is -0.144. The Kier molecular flexibility index (Phi) is 14.1. The Hall–Kier alpha value is -3.00. The largest absolute Gasteiger partial charge is 0.346 e. The van der Waals surface area contributed by atoms with E-state index in [0.29, 0.717) is 13.0 Å². The zero-order chi connectivity index (χ0) is 37.6. The van der Waals surface area contributed by atoms with Crippen LogP contribution in [0.4, 0.5) is 4.79 Å². The molecule has 1 aliphatic heterocycles. The topological polar surface area (TPSA) is 174 Å². The van der Waals surface area contributed by atoms with Crippen molar-refractivity contribution < 1.29 is 32.4 Å². The fourth-order valence-corrected chi connectivity index (χ4v) is 8.33. The first-order chi connectivity index (χ1) is 23.2. The lowest BCUT2D eigenvalue weighted by atomic mass is 9.79. The molecule has 1 saturated heterocycles. The Morgan fingerprint density at radius 2 is 1.66 bits per heavy atom. The molecule has 3 rings (SSSR count). The van der Waals surface area contributed by atoms with Gasteiger partial charge in [-0.05, 0) is 60.7 Å². The standard InChI is InChI=1S/C36H62N6O7S/c1-10-15-26(30(43)32(45)37-20-11-2)38-31(44)29-24-18-19-36(6,7)25(24)21-42(29)33(46)28(23-16-13-12-14-17-23)40-34(47)39-27(35(3,4)5)22-41(8)50(9,48)49/h11,23-29H,2,10,12-22H2,1,3-9H3,(H,37,45)(H,38,44)(H2,39,40,47)/t24-,25?,26?,27+,28-,29-/m0/s1. The maximum atomic E-state index is 14.8. The second-order valence-electron chi connectivity index (χ2n) is 16.4. The van der Waals surface area contributed by atoms with Crippen LogP contribution in [0.15, 0.2) is 12.7 Å². The maximum absolute atomic E-state index is 14.8. The molecular formula is C36H62N6O7S. The lowest BCUT2D eigenvalue weighted by Crippen LogP contribution is -2.61. The number of amides is 5. The second kappa shape index (κ2) is 17.0. The zero-order valence-corrected chi connectivity index (χ0v) is 32.3. The number of rotatable bonds is 15. The van der Waals surface area contributed by atoms with E-state index in [1.54, 1.807) is 4.90 Å². The van der Waals surface area contributed by atoms with Gasteiger partial charge in [-0.3, -0.25) is 19.2 Å². The molecule has 0 aromatic carbocycles. The number of hydrogen-bond donors (Lipinski definition) is 4. The smallest absolute Gasteiger partial charge is 0.315 e. The van der Waals surface area contributed by atoms with Crippen LogP contribution in [0.5, 0.6) is 0 Å². The molecule has 3 fully saturated rings. The molecule has 2 saturated carbocycles. The molecule has 2 unspecified atom stereocenters. The first-order valence-corrected chi connectivity index (χ1v) is 20.1. The van der Waals surface area contributed by atoms with Crippen molar-refractivity contribution in [1.29, 1.82) is 0 Å². The quantitative estimate of drug-likeness (QED) is 0.149. The number of Topliss-reactive ketones (excluding diaryl/α,β-unsaturated/α-hetero) is 1. The highest BCUT2D eigenvalue weighted by Gasteiger charge is 2.57. The summed E-state index contributed by atoms with van der Waals surface area (Å²) in [4.78, 5) is 70.1. The van der Waals surface area contributed by atoms with Crippen LogP contribution in [0.2, 0.25) is 0 Å². The Labute approximate surface area is 299 Å². The molecule has 13 nitrogen and oxygen atoms in total. The molecule has 0 bridgehead atoms. The number of likely N-dealkylation sites (tertiary alicyclic amines) is 1. The third-order valence-corrected chi connectivity index (χ3v) is 12.5. The summed E-state index contributed by atoms with van der Waals surface area (Å²) in [7, 11) is -2.04. The fraction of sp³-hybridized carbons (Fsp3) is 0.806. The van der Waals surface area contributed by atoms with E-state index in [1.807, 2.05) is 27.7 Å². The minimum Gasteiger partial charge on any atom is -0.346 e. The molecule has 0 radical (unpaired) electrons. The predicted molar refractivity (Wildman–Crippen MR) is 193 cm³/mol. The summed E-state index contributed by atoms with van der Waals surface area (Å²) in [6.07, 6.45) is 9.37. The van der Waals surface area contributed by atoms with Crippen molar-refractivity contribution in [1.82, 2.24) is 30.5 Å². The summed E-state index contributed by atoms with van der Waals surface area (Å²) >= 11 is 0. The van der Waals surface area contributed by atoms with E-state index in [-0.39, 0.29) is 48.6 Å². The number of nitrogens with zero attached hydrogens (tertiary/aromatic N) is 2. The molecule has 1 heterocycles. The Balaban J connectivity index is 1.93. The monoisotopic (exact) mass is 722 g/mol. The van der Waals surface area contributed by atoms with Crippen LogP contribution < -0.4 is 21.3 Å². The van der Waals surface area contributed by atoms with Crippen LogP contribution in [-0.2, 0) is 29.2 Å². The van der Waals surface area contributed by atoms with Gasteiger partial charge >= 0.3 is 6.03 Å². The number of fused-ring (bicyclic) bond motifs is 1. The zero-order valence-electron chi connectivity index (χ0n) is 31.5. The fourth-order valence-electron chi connectivity index (χ4n) is 7.91. The van der Waals surface area contributed by atoms with Gasteiger partial charge in [0.05, 0.1) is 12.3 Å². The third-order valence-electron chi connectivity index (χ3n) is 11.2. The van der Waals surface area contributed by atoms with Gasteiger partial charge in [-0.25, -0.2) is 17.5 Å². The van der Waals surface area contributed by atoms with Crippen molar-refractivity contribution in [2.24, 2.45) is 28.6 Å². The van der Waals surface area contributed by atoms with E-state index < -0.39 is 63.2 Å². The second-order valence-corrected chi connectivity index (χ2v) is 18.5. The van der Waals surface area contributed by atoms with Gasteiger partial charge in [-0.15, -0.1) is 6.58 Å². The number of likely N-dealkylation sites (N-methyl/N-ethyl adjacent to an activating group) is 1. The van der Waals surface area contributed by atoms with Gasteiger partial charge in [0.1, 0.15) is 12.1 Å². The van der Waals surface area contributed by atoms with Crippen molar-refractivity contribution in [3.8, 4) is 0 Å². The van der Waals surface area contributed by atoms with Gasteiger partial charge in [-0.2, -0.15) is 0 Å². The summed E-state index contributed by atoms with van der Waals surface area (Å²) in [5, 5.41) is 11.3. The number of hydrogen-bond acceptors (Lipinski definition) is 7. The van der Waals surface area contributed by atoms with E-state index in [1.165, 1.54) is 17.4 Å². The van der Waals surface area contributed by atoms with Crippen molar-refractivity contribution in [2.75, 3.05) is 32.9 Å². The Morgan fingerprint density at radius 1 is 1.02 bits per heavy atom. The van der Waals surface area contributed by atoms with Crippen molar-refractivity contribution in [3.05, 3.63) is 12.7 Å². The minimum atomic E-state index is -3.50. The normalized spacial score (nSPS) is 24.1. The molecular weight excluding hydrogens is 660 g/mol. The number of nitrogens with one attached hydrogen (secondary N) is 4. The highest BCUT2D eigenvalue weighted by Crippen LogP contribution is 2.53. The Morgan fingerprint density at radius 3 is 2.22 bits per heavy atom. The molecule has 6 atom stereocenters. The van der Waals surface area contributed by atoms with E-state index in [9.17, 15) is 32.4 Å². The van der Waals surface area contributed by atoms with Crippen LogP contribution >= 0.6 is 0 Å². The Bertz CT molecular complexity index is 1370. The van der Waals surface area contributed by atoms with E-state index in [2.05, 4.69) is 41.7 Å². The summed E-state index contributed by atoms with van der Waals surface area (Å²) < 4.78 is 25.6. The van der Waals surface area contributed by atoms with E-state index >= 15 is 0 Å². The van der Waals surface area contributed by atoms with Crippen molar-refractivity contribution in [3.63, 3.8) is 0 Å². The summed E-state index contributed by atoms with van der Waals surface area (Å²) in [6.45, 7) is 16.0. The van der Waals surface area contributed by atoms with Crippen LogP contribution in [-0.4, -0.2) is 104 Å².